The molecule has 0 spiro atoms. The highest BCUT2D eigenvalue weighted by Gasteiger charge is 2.19. The molecule has 17 heavy (non-hydrogen) atoms. The Bertz CT molecular complexity index is 395. The number of rotatable bonds is 4. The summed E-state index contributed by atoms with van der Waals surface area (Å²) in [6, 6.07) is 4.56. The van der Waals surface area contributed by atoms with Gasteiger partial charge in [-0.05, 0) is 31.4 Å². The Kier molecular flexibility index (Phi) is 3.55. The fourth-order valence-electron chi connectivity index (χ4n) is 1.44. The first-order valence-electron chi connectivity index (χ1n) is 5.68. The summed E-state index contributed by atoms with van der Waals surface area (Å²) in [6.45, 7) is 2.58. The zero-order valence-electron chi connectivity index (χ0n) is 9.93. The van der Waals surface area contributed by atoms with Crippen LogP contribution in [-0.2, 0) is 6.54 Å². The highest BCUT2D eigenvalue weighted by molar-refractivity contribution is 5.93. The van der Waals surface area contributed by atoms with Crippen LogP contribution in [0.5, 0.6) is 0 Å². The summed E-state index contributed by atoms with van der Waals surface area (Å²) in [5.41, 5.74) is 1.15. The Morgan fingerprint density at radius 1 is 1.59 bits per heavy atom. The van der Waals surface area contributed by atoms with Crippen LogP contribution in [0.1, 0.15) is 25.3 Å². The van der Waals surface area contributed by atoms with Crippen LogP contribution in [-0.4, -0.2) is 16.9 Å². The number of hydrogen-bond donors (Lipinski definition) is 3. The SMILES string of the molecule is CC(=NN)N(N)c1ccc(CNC2CC2)cn1. The van der Waals surface area contributed by atoms with Crippen molar-refractivity contribution in [2.24, 2.45) is 16.8 Å². The first-order valence-corrected chi connectivity index (χ1v) is 5.68. The van der Waals surface area contributed by atoms with Crippen molar-refractivity contribution in [1.82, 2.24) is 10.3 Å². The maximum absolute atomic E-state index is 5.78. The summed E-state index contributed by atoms with van der Waals surface area (Å²) in [5, 5.41) is 8.31. The zero-order chi connectivity index (χ0) is 12.3. The average Bonchev–Trinajstić information content (AvgIpc) is 3.19. The van der Waals surface area contributed by atoms with E-state index >= 15 is 0 Å². The summed E-state index contributed by atoms with van der Waals surface area (Å²) in [7, 11) is 0. The fourth-order valence-corrected chi connectivity index (χ4v) is 1.44. The number of nitrogens with one attached hydrogen (secondary N) is 1. The van der Waals surface area contributed by atoms with Gasteiger partial charge in [0.25, 0.3) is 0 Å². The van der Waals surface area contributed by atoms with Crippen molar-refractivity contribution in [3.63, 3.8) is 0 Å². The van der Waals surface area contributed by atoms with Crippen molar-refractivity contribution < 1.29 is 0 Å². The molecule has 0 saturated heterocycles. The van der Waals surface area contributed by atoms with Crippen LogP contribution in [0.25, 0.3) is 0 Å². The highest BCUT2D eigenvalue weighted by atomic mass is 15.5. The molecule has 0 bridgehead atoms. The van der Waals surface area contributed by atoms with Gasteiger partial charge in [0, 0.05) is 18.8 Å². The molecule has 6 nitrogen and oxygen atoms in total. The van der Waals surface area contributed by atoms with Gasteiger partial charge in [0.15, 0.2) is 0 Å². The van der Waals surface area contributed by atoms with E-state index in [0.717, 1.165) is 12.1 Å². The molecule has 1 aliphatic rings. The fraction of sp³-hybridized carbons (Fsp3) is 0.455. The van der Waals surface area contributed by atoms with E-state index in [2.05, 4.69) is 15.4 Å². The van der Waals surface area contributed by atoms with Crippen molar-refractivity contribution >= 4 is 11.7 Å². The molecule has 0 aromatic carbocycles. The third-order valence-corrected chi connectivity index (χ3v) is 2.76. The number of hydrazone groups is 1. The van der Waals surface area contributed by atoms with Gasteiger partial charge in [-0.2, -0.15) is 5.10 Å². The van der Waals surface area contributed by atoms with E-state index in [1.54, 1.807) is 6.92 Å². The summed E-state index contributed by atoms with van der Waals surface area (Å²) < 4.78 is 0. The molecule has 0 atom stereocenters. The topological polar surface area (TPSA) is 92.6 Å². The largest absolute Gasteiger partial charge is 0.322 e. The van der Waals surface area contributed by atoms with Gasteiger partial charge in [0.1, 0.15) is 11.7 Å². The number of aromatic nitrogens is 1. The van der Waals surface area contributed by atoms with Crippen molar-refractivity contribution in [3.05, 3.63) is 23.9 Å². The van der Waals surface area contributed by atoms with Crippen LogP contribution in [0.3, 0.4) is 0 Å². The second kappa shape index (κ2) is 5.11. The van der Waals surface area contributed by atoms with E-state index in [1.165, 1.54) is 17.9 Å². The second-order valence-corrected chi connectivity index (χ2v) is 4.23. The number of nitrogens with zero attached hydrogens (tertiary/aromatic N) is 3. The predicted octanol–water partition coefficient (Wildman–Crippen LogP) is 0.306. The van der Waals surface area contributed by atoms with E-state index in [-0.39, 0.29) is 0 Å². The molecule has 6 heteroatoms. The Labute approximate surface area is 101 Å². The third kappa shape index (κ3) is 3.15. The Morgan fingerprint density at radius 2 is 2.35 bits per heavy atom. The van der Waals surface area contributed by atoms with E-state index in [1.807, 2.05) is 18.3 Å². The molecule has 2 rings (SSSR count). The smallest absolute Gasteiger partial charge is 0.148 e. The average molecular weight is 234 g/mol. The van der Waals surface area contributed by atoms with Gasteiger partial charge in [-0.1, -0.05) is 6.07 Å². The van der Waals surface area contributed by atoms with Gasteiger partial charge in [-0.15, -0.1) is 0 Å². The quantitative estimate of drug-likeness (QED) is 0.302. The molecule has 1 aliphatic carbocycles. The predicted molar refractivity (Wildman–Crippen MR) is 68.1 cm³/mol. The molecule has 0 radical (unpaired) electrons. The van der Waals surface area contributed by atoms with Crippen molar-refractivity contribution in [2.75, 3.05) is 5.01 Å². The van der Waals surface area contributed by atoms with Crippen molar-refractivity contribution in [2.45, 2.75) is 32.4 Å². The maximum atomic E-state index is 5.78. The lowest BCUT2D eigenvalue weighted by Gasteiger charge is -2.16. The lowest BCUT2D eigenvalue weighted by atomic mass is 10.3. The summed E-state index contributed by atoms with van der Waals surface area (Å²) in [6.07, 6.45) is 4.39. The van der Waals surface area contributed by atoms with Gasteiger partial charge in [0.2, 0.25) is 0 Å². The maximum Gasteiger partial charge on any atom is 0.148 e. The minimum absolute atomic E-state index is 0.515. The van der Waals surface area contributed by atoms with Gasteiger partial charge in [-0.3, -0.25) is 0 Å². The second-order valence-electron chi connectivity index (χ2n) is 4.23. The minimum atomic E-state index is 0.515. The van der Waals surface area contributed by atoms with Gasteiger partial charge >= 0.3 is 0 Å². The highest BCUT2D eigenvalue weighted by Crippen LogP contribution is 2.19. The summed E-state index contributed by atoms with van der Waals surface area (Å²) in [5.74, 6) is 12.1. The Morgan fingerprint density at radius 3 is 2.88 bits per heavy atom. The molecule has 0 unspecified atom stereocenters. The molecule has 1 saturated carbocycles. The molecule has 5 N–H and O–H groups in total. The van der Waals surface area contributed by atoms with E-state index in [9.17, 15) is 0 Å². The number of amidine groups is 1. The third-order valence-electron chi connectivity index (χ3n) is 2.76. The Hall–Kier alpha value is -1.66. The van der Waals surface area contributed by atoms with Crippen molar-refractivity contribution in [3.8, 4) is 0 Å². The zero-order valence-corrected chi connectivity index (χ0v) is 9.93. The van der Waals surface area contributed by atoms with Crippen LogP contribution in [0.4, 0.5) is 5.82 Å². The van der Waals surface area contributed by atoms with Crippen LogP contribution < -0.4 is 22.0 Å². The first-order chi connectivity index (χ1) is 8.20. The van der Waals surface area contributed by atoms with Crippen LogP contribution in [0.15, 0.2) is 23.4 Å². The summed E-state index contributed by atoms with van der Waals surface area (Å²) >= 11 is 0. The van der Waals surface area contributed by atoms with E-state index < -0.39 is 0 Å². The van der Waals surface area contributed by atoms with Crippen LogP contribution in [0.2, 0.25) is 0 Å². The van der Waals surface area contributed by atoms with Crippen LogP contribution in [0, 0.1) is 0 Å². The number of hydrogen-bond acceptors (Lipinski definition) is 5. The molecular formula is C11H18N6. The van der Waals surface area contributed by atoms with Gasteiger partial charge in [-0.25, -0.2) is 15.8 Å². The van der Waals surface area contributed by atoms with Crippen molar-refractivity contribution in [1.29, 1.82) is 0 Å². The number of hydrazine groups is 1. The summed E-state index contributed by atoms with van der Waals surface area (Å²) in [4.78, 5) is 4.27. The van der Waals surface area contributed by atoms with E-state index in [0.29, 0.717) is 17.7 Å². The molecule has 92 valence electrons. The molecule has 1 aromatic heterocycles. The van der Waals surface area contributed by atoms with Gasteiger partial charge < -0.3 is 11.2 Å². The molecule has 0 aliphatic heterocycles. The molecular weight excluding hydrogens is 216 g/mol. The molecule has 1 aromatic rings. The monoisotopic (exact) mass is 234 g/mol. The molecule has 0 amide bonds. The Balaban J connectivity index is 1.96. The number of nitrogens with two attached hydrogens (primary N) is 2. The van der Waals surface area contributed by atoms with E-state index in [4.69, 9.17) is 11.7 Å². The lowest BCUT2D eigenvalue weighted by Crippen LogP contribution is -2.37. The number of anilines is 1. The molecule has 1 fully saturated rings. The minimum Gasteiger partial charge on any atom is -0.322 e. The lowest BCUT2D eigenvalue weighted by molar-refractivity contribution is 0.686. The first kappa shape index (κ1) is 11.8. The normalized spacial score (nSPS) is 16.0. The standard InChI is InChI=1S/C11H18N6/c1-8(16-12)17(13)11-5-2-9(7-15-11)6-14-10-3-4-10/h2,5,7,10,14H,3-4,6,12-13H2,1H3. The van der Waals surface area contributed by atoms with Crippen LogP contribution >= 0.6 is 0 Å². The molecule has 1 heterocycles. The number of pyridine rings is 1. The van der Waals surface area contributed by atoms with Gasteiger partial charge in [0.05, 0.1) is 0 Å².